The second-order valence-electron chi connectivity index (χ2n) is 4.38. The van der Waals surface area contributed by atoms with Crippen LogP contribution in [0.3, 0.4) is 0 Å². The molecule has 110 valence electrons. The van der Waals surface area contributed by atoms with Gasteiger partial charge in [-0.15, -0.1) is 0 Å². The number of benzene rings is 1. The predicted octanol–water partition coefficient (Wildman–Crippen LogP) is 2.43. The molecule has 0 aliphatic carbocycles. The summed E-state index contributed by atoms with van der Waals surface area (Å²) in [6, 6.07) is 3.87. The van der Waals surface area contributed by atoms with Crippen LogP contribution in [0.4, 0.5) is 8.78 Å². The molecule has 1 rings (SSSR count). The van der Waals surface area contributed by atoms with Crippen molar-refractivity contribution >= 4 is 12.2 Å². The molecule has 0 heterocycles. The molecular formula is C14H18F2N2O2. The van der Waals surface area contributed by atoms with Gasteiger partial charge in [0.05, 0.1) is 18.7 Å². The highest BCUT2D eigenvalue weighted by Gasteiger charge is 2.15. The van der Waals surface area contributed by atoms with E-state index in [1.165, 1.54) is 23.4 Å². The van der Waals surface area contributed by atoms with Crippen LogP contribution in [-0.4, -0.2) is 37.4 Å². The van der Waals surface area contributed by atoms with E-state index in [9.17, 15) is 13.6 Å². The lowest BCUT2D eigenvalue weighted by atomic mass is 10.2. The van der Waals surface area contributed by atoms with E-state index in [1.807, 2.05) is 0 Å². The number of hydrogen-bond acceptors (Lipinski definition) is 4. The molecule has 0 fully saturated rings. The lowest BCUT2D eigenvalue weighted by molar-refractivity contribution is -0.147. The molecule has 1 unspecified atom stereocenters. The van der Waals surface area contributed by atoms with Gasteiger partial charge in [-0.05, 0) is 13.0 Å². The maximum Gasteiger partial charge on any atom is 0.310 e. The Morgan fingerprint density at radius 1 is 1.50 bits per heavy atom. The van der Waals surface area contributed by atoms with E-state index >= 15 is 0 Å². The fraction of sp³-hybridized carbons (Fsp3) is 0.429. The van der Waals surface area contributed by atoms with Gasteiger partial charge in [0, 0.05) is 19.2 Å². The molecule has 0 saturated carbocycles. The number of rotatable bonds is 6. The second kappa shape index (κ2) is 7.57. The van der Waals surface area contributed by atoms with Gasteiger partial charge < -0.3 is 4.74 Å². The van der Waals surface area contributed by atoms with Crippen LogP contribution in [0.1, 0.15) is 19.4 Å². The largest absolute Gasteiger partial charge is 0.466 e. The highest BCUT2D eigenvalue weighted by atomic mass is 19.2. The molecule has 1 aromatic rings. The van der Waals surface area contributed by atoms with E-state index in [4.69, 9.17) is 4.74 Å². The number of ether oxygens (including phenoxy) is 1. The molecule has 0 spiro atoms. The van der Waals surface area contributed by atoms with Gasteiger partial charge in [-0.1, -0.05) is 19.1 Å². The Balaban J connectivity index is 2.61. The Morgan fingerprint density at radius 2 is 2.20 bits per heavy atom. The summed E-state index contributed by atoms with van der Waals surface area (Å²) in [5, 5.41) is 5.45. The Labute approximate surface area is 117 Å². The molecule has 20 heavy (non-hydrogen) atoms. The Morgan fingerprint density at radius 3 is 2.85 bits per heavy atom. The van der Waals surface area contributed by atoms with Crippen LogP contribution in [-0.2, 0) is 9.53 Å². The van der Waals surface area contributed by atoms with Gasteiger partial charge in [-0.25, -0.2) is 8.78 Å². The van der Waals surface area contributed by atoms with Crippen LogP contribution in [0.5, 0.6) is 0 Å². The monoisotopic (exact) mass is 284 g/mol. The minimum atomic E-state index is -0.942. The standard InChI is InChI=1S/C14H18F2N2O2/c1-4-20-14(19)10(2)9-18(3)17-8-11-6-5-7-12(15)13(11)16/h5-8,10H,4,9H2,1-3H3. The number of halogens is 2. The number of esters is 1. The molecule has 0 N–H and O–H groups in total. The fourth-order valence-corrected chi connectivity index (χ4v) is 1.58. The third-order valence-corrected chi connectivity index (χ3v) is 2.60. The van der Waals surface area contributed by atoms with Gasteiger partial charge in [0.2, 0.25) is 0 Å². The van der Waals surface area contributed by atoms with Crippen LogP contribution >= 0.6 is 0 Å². The SMILES string of the molecule is CCOC(=O)C(C)CN(C)N=Cc1cccc(F)c1F. The highest BCUT2D eigenvalue weighted by molar-refractivity contribution is 5.79. The van der Waals surface area contributed by atoms with E-state index in [1.54, 1.807) is 20.9 Å². The fourth-order valence-electron chi connectivity index (χ4n) is 1.58. The second-order valence-corrected chi connectivity index (χ2v) is 4.38. The highest BCUT2D eigenvalue weighted by Crippen LogP contribution is 2.09. The minimum Gasteiger partial charge on any atom is -0.466 e. The molecule has 0 aliphatic heterocycles. The molecule has 0 saturated heterocycles. The van der Waals surface area contributed by atoms with E-state index in [0.29, 0.717) is 13.2 Å². The average molecular weight is 284 g/mol. The van der Waals surface area contributed by atoms with Gasteiger partial charge in [0.15, 0.2) is 11.6 Å². The van der Waals surface area contributed by atoms with Crippen molar-refractivity contribution in [2.75, 3.05) is 20.2 Å². The van der Waals surface area contributed by atoms with E-state index in [0.717, 1.165) is 6.07 Å². The number of carbonyl (C=O) groups excluding carboxylic acids is 1. The van der Waals surface area contributed by atoms with Crippen LogP contribution < -0.4 is 0 Å². The number of nitrogens with zero attached hydrogens (tertiary/aromatic N) is 2. The first-order valence-corrected chi connectivity index (χ1v) is 6.31. The van der Waals surface area contributed by atoms with Crippen molar-refractivity contribution in [3.05, 3.63) is 35.4 Å². The van der Waals surface area contributed by atoms with Gasteiger partial charge in [-0.3, -0.25) is 9.80 Å². The topological polar surface area (TPSA) is 41.9 Å². The molecule has 6 heteroatoms. The zero-order valence-electron chi connectivity index (χ0n) is 11.8. The van der Waals surface area contributed by atoms with Crippen LogP contribution in [0.15, 0.2) is 23.3 Å². The number of hydrogen-bond donors (Lipinski definition) is 0. The molecule has 0 bridgehead atoms. The van der Waals surface area contributed by atoms with Gasteiger partial charge in [0.1, 0.15) is 0 Å². The normalized spacial score (nSPS) is 12.4. The smallest absolute Gasteiger partial charge is 0.310 e. The van der Waals surface area contributed by atoms with Crippen molar-refractivity contribution in [1.82, 2.24) is 5.01 Å². The number of hydrazone groups is 1. The third-order valence-electron chi connectivity index (χ3n) is 2.60. The van der Waals surface area contributed by atoms with Crippen LogP contribution in [0.25, 0.3) is 0 Å². The molecule has 4 nitrogen and oxygen atoms in total. The van der Waals surface area contributed by atoms with Gasteiger partial charge in [-0.2, -0.15) is 5.10 Å². The van der Waals surface area contributed by atoms with Gasteiger partial charge in [0.25, 0.3) is 0 Å². The summed E-state index contributed by atoms with van der Waals surface area (Å²) in [7, 11) is 1.64. The van der Waals surface area contributed by atoms with Crippen molar-refractivity contribution < 1.29 is 18.3 Å². The quantitative estimate of drug-likeness (QED) is 0.458. The lowest BCUT2D eigenvalue weighted by Crippen LogP contribution is -2.26. The Kier molecular flexibility index (Phi) is 6.09. The molecule has 0 aliphatic rings. The van der Waals surface area contributed by atoms with E-state index in [-0.39, 0.29) is 17.5 Å². The number of carbonyl (C=O) groups is 1. The van der Waals surface area contributed by atoms with E-state index < -0.39 is 11.6 Å². The summed E-state index contributed by atoms with van der Waals surface area (Å²) < 4.78 is 31.3. The lowest BCUT2D eigenvalue weighted by Gasteiger charge is -2.17. The molecule has 0 aromatic heterocycles. The first-order chi connectivity index (χ1) is 9.45. The summed E-state index contributed by atoms with van der Waals surface area (Å²) in [5.41, 5.74) is 0.0561. The van der Waals surface area contributed by atoms with Crippen molar-refractivity contribution in [3.63, 3.8) is 0 Å². The summed E-state index contributed by atoms with van der Waals surface area (Å²) in [6.45, 7) is 4.10. The van der Waals surface area contributed by atoms with Crippen LogP contribution in [0.2, 0.25) is 0 Å². The van der Waals surface area contributed by atoms with Gasteiger partial charge >= 0.3 is 5.97 Å². The third kappa shape index (κ3) is 4.60. The van der Waals surface area contributed by atoms with Crippen LogP contribution in [0, 0.1) is 17.6 Å². The predicted molar refractivity (Wildman–Crippen MR) is 72.4 cm³/mol. The zero-order valence-corrected chi connectivity index (χ0v) is 11.8. The summed E-state index contributed by atoms with van der Waals surface area (Å²) in [5.74, 6) is -2.53. The Hall–Kier alpha value is -1.98. The molecule has 1 atom stereocenters. The zero-order chi connectivity index (χ0) is 15.1. The molecular weight excluding hydrogens is 266 g/mol. The van der Waals surface area contributed by atoms with Crippen molar-refractivity contribution in [3.8, 4) is 0 Å². The molecule has 1 aromatic carbocycles. The minimum absolute atomic E-state index is 0.0561. The van der Waals surface area contributed by atoms with Crippen molar-refractivity contribution in [1.29, 1.82) is 0 Å². The summed E-state index contributed by atoms with van der Waals surface area (Å²) in [6.07, 6.45) is 1.22. The maximum atomic E-state index is 13.4. The first-order valence-electron chi connectivity index (χ1n) is 6.31. The summed E-state index contributed by atoms with van der Waals surface area (Å²) >= 11 is 0. The summed E-state index contributed by atoms with van der Waals surface area (Å²) in [4.78, 5) is 11.4. The first kappa shape index (κ1) is 16.1. The van der Waals surface area contributed by atoms with Crippen molar-refractivity contribution in [2.24, 2.45) is 11.0 Å². The molecule has 0 amide bonds. The molecule has 0 radical (unpaired) electrons. The Bertz CT molecular complexity index is 492. The van der Waals surface area contributed by atoms with Crippen molar-refractivity contribution in [2.45, 2.75) is 13.8 Å². The van der Waals surface area contributed by atoms with E-state index in [2.05, 4.69) is 5.10 Å². The maximum absolute atomic E-state index is 13.4. The average Bonchev–Trinajstić information content (AvgIpc) is 2.40.